The molecule has 0 N–H and O–H groups in total. The van der Waals surface area contributed by atoms with Gasteiger partial charge >= 0.3 is 0 Å². The molecule has 0 spiro atoms. The molecule has 1 atom stereocenters. The van der Waals surface area contributed by atoms with E-state index in [2.05, 4.69) is 31.0 Å². The smallest absolute Gasteiger partial charge is 0.142 e. The highest BCUT2D eigenvalue weighted by Gasteiger charge is 2.29. The Morgan fingerprint density at radius 2 is 2.13 bits per heavy atom. The van der Waals surface area contributed by atoms with Crippen LogP contribution in [0.25, 0.3) is 0 Å². The topological polar surface area (TPSA) is 47.8 Å². The summed E-state index contributed by atoms with van der Waals surface area (Å²) in [5, 5.41) is 8.40. The summed E-state index contributed by atoms with van der Waals surface area (Å²) >= 11 is 0. The number of aromatic nitrogens is 3. The number of carbonyl (C=O) groups is 1. The van der Waals surface area contributed by atoms with Crippen LogP contribution >= 0.6 is 0 Å². The van der Waals surface area contributed by atoms with Crippen molar-refractivity contribution in [3.05, 3.63) is 11.6 Å². The quantitative estimate of drug-likeness (QED) is 0.658. The van der Waals surface area contributed by atoms with E-state index in [1.165, 1.54) is 0 Å². The molecule has 0 radical (unpaired) electrons. The Labute approximate surface area is 89.7 Å². The fourth-order valence-corrected chi connectivity index (χ4v) is 2.08. The Morgan fingerprint density at radius 3 is 2.73 bits per heavy atom. The zero-order valence-corrected chi connectivity index (χ0v) is 9.53. The molecule has 1 aromatic rings. The van der Waals surface area contributed by atoms with Gasteiger partial charge < -0.3 is 9.36 Å². The Morgan fingerprint density at radius 1 is 1.40 bits per heavy atom. The number of aryl methyl sites for hydroxylation is 1. The minimum Gasteiger partial charge on any atom is -0.304 e. The lowest BCUT2D eigenvalue weighted by molar-refractivity contribution is -0.111. The highest BCUT2D eigenvalue weighted by molar-refractivity contribution is 5.56. The average Bonchev–Trinajstić information content (AvgIpc) is 2.59. The number of aldehydes is 1. The first-order chi connectivity index (χ1) is 7.04. The van der Waals surface area contributed by atoms with E-state index in [4.69, 9.17) is 0 Å². The van der Waals surface area contributed by atoms with Gasteiger partial charge in [-0.3, -0.25) is 0 Å². The van der Waals surface area contributed by atoms with E-state index in [0.717, 1.165) is 37.2 Å². The highest BCUT2D eigenvalue weighted by atomic mass is 16.1. The number of hydrogen-bond acceptors (Lipinski definition) is 3. The van der Waals surface area contributed by atoms with Gasteiger partial charge in [0.25, 0.3) is 0 Å². The fraction of sp³-hybridized carbons (Fsp3) is 0.727. The molecule has 2 rings (SSSR count). The lowest BCUT2D eigenvalue weighted by Gasteiger charge is -2.26. The summed E-state index contributed by atoms with van der Waals surface area (Å²) in [6, 6.07) is -0.0574. The lowest BCUT2D eigenvalue weighted by Crippen LogP contribution is -2.26. The fourth-order valence-electron chi connectivity index (χ4n) is 2.08. The van der Waals surface area contributed by atoms with E-state index < -0.39 is 0 Å². The van der Waals surface area contributed by atoms with E-state index in [1.807, 2.05) is 4.57 Å². The zero-order valence-electron chi connectivity index (χ0n) is 9.53. The molecule has 0 aliphatic carbocycles. The van der Waals surface area contributed by atoms with Crippen LogP contribution in [0, 0.1) is 0 Å². The second kappa shape index (κ2) is 3.43. The highest BCUT2D eigenvalue weighted by Crippen LogP contribution is 2.29. The van der Waals surface area contributed by atoms with Crippen molar-refractivity contribution in [2.75, 3.05) is 0 Å². The van der Waals surface area contributed by atoms with E-state index in [9.17, 15) is 4.79 Å². The maximum Gasteiger partial charge on any atom is 0.142 e. The van der Waals surface area contributed by atoms with Crippen molar-refractivity contribution < 1.29 is 4.79 Å². The number of hydrogen-bond donors (Lipinski definition) is 0. The average molecular weight is 207 g/mol. The van der Waals surface area contributed by atoms with Crippen LogP contribution in [0.3, 0.4) is 0 Å². The van der Waals surface area contributed by atoms with Gasteiger partial charge in [-0.15, -0.1) is 10.2 Å². The molecule has 1 aliphatic rings. The summed E-state index contributed by atoms with van der Waals surface area (Å²) in [7, 11) is 0. The minimum absolute atomic E-state index is 0.0517. The minimum atomic E-state index is -0.0574. The van der Waals surface area contributed by atoms with Crippen LogP contribution in [-0.4, -0.2) is 21.1 Å². The van der Waals surface area contributed by atoms with Gasteiger partial charge in [0.1, 0.15) is 17.9 Å². The third-order valence-electron chi connectivity index (χ3n) is 2.83. The van der Waals surface area contributed by atoms with Gasteiger partial charge in [0, 0.05) is 11.8 Å². The van der Waals surface area contributed by atoms with Crippen LogP contribution in [0.4, 0.5) is 0 Å². The van der Waals surface area contributed by atoms with Crippen LogP contribution in [-0.2, 0) is 16.6 Å². The van der Waals surface area contributed by atoms with Crippen LogP contribution in [0.1, 0.15) is 51.3 Å². The van der Waals surface area contributed by atoms with Crippen molar-refractivity contribution in [1.29, 1.82) is 0 Å². The lowest BCUT2D eigenvalue weighted by atomic mass is 9.94. The van der Waals surface area contributed by atoms with Gasteiger partial charge in [0.2, 0.25) is 0 Å². The van der Waals surface area contributed by atoms with Crippen molar-refractivity contribution in [1.82, 2.24) is 14.8 Å². The van der Waals surface area contributed by atoms with Gasteiger partial charge in [-0.25, -0.2) is 0 Å². The summed E-state index contributed by atoms with van der Waals surface area (Å²) in [6.45, 7) is 6.29. The molecule has 82 valence electrons. The van der Waals surface area contributed by atoms with Gasteiger partial charge in [-0.1, -0.05) is 20.8 Å². The van der Waals surface area contributed by atoms with Gasteiger partial charge in [0.05, 0.1) is 6.04 Å². The SMILES string of the molecule is CC(C)(C)c1nnc2n1C(C=O)CCC2. The van der Waals surface area contributed by atoms with E-state index >= 15 is 0 Å². The zero-order chi connectivity index (χ0) is 11.1. The first-order valence-electron chi connectivity index (χ1n) is 5.43. The largest absolute Gasteiger partial charge is 0.304 e. The molecule has 0 aromatic carbocycles. The molecule has 2 heterocycles. The van der Waals surface area contributed by atoms with Gasteiger partial charge in [0.15, 0.2) is 0 Å². The van der Waals surface area contributed by atoms with E-state index in [0.29, 0.717) is 0 Å². The van der Waals surface area contributed by atoms with Crippen molar-refractivity contribution >= 4 is 6.29 Å². The standard InChI is InChI=1S/C11H17N3O/c1-11(2,3)10-13-12-9-6-4-5-8(7-15)14(9)10/h7-8H,4-6H2,1-3H3. The number of nitrogens with zero attached hydrogens (tertiary/aromatic N) is 3. The van der Waals surface area contributed by atoms with Crippen molar-refractivity contribution in [3.8, 4) is 0 Å². The van der Waals surface area contributed by atoms with Crippen LogP contribution in [0.15, 0.2) is 0 Å². The first kappa shape index (κ1) is 10.3. The Balaban J connectivity index is 2.51. The molecule has 4 heteroatoms. The Kier molecular flexibility index (Phi) is 2.37. The summed E-state index contributed by atoms with van der Waals surface area (Å²) in [5.41, 5.74) is -0.0517. The maximum atomic E-state index is 11.0. The molecule has 1 aromatic heterocycles. The molecule has 1 aliphatic heterocycles. The van der Waals surface area contributed by atoms with Gasteiger partial charge in [-0.05, 0) is 12.8 Å². The molecule has 0 amide bonds. The predicted molar refractivity (Wildman–Crippen MR) is 56.8 cm³/mol. The molecule has 0 fully saturated rings. The molecular weight excluding hydrogens is 190 g/mol. The molecule has 4 nitrogen and oxygen atoms in total. The number of rotatable bonds is 1. The molecule has 0 bridgehead atoms. The first-order valence-corrected chi connectivity index (χ1v) is 5.43. The van der Waals surface area contributed by atoms with Crippen LogP contribution in [0.5, 0.6) is 0 Å². The second-order valence-electron chi connectivity index (χ2n) is 5.16. The Bertz CT molecular complexity index is 376. The van der Waals surface area contributed by atoms with E-state index in [1.54, 1.807) is 0 Å². The molecule has 15 heavy (non-hydrogen) atoms. The summed E-state index contributed by atoms with van der Waals surface area (Å²) < 4.78 is 2.02. The van der Waals surface area contributed by atoms with Gasteiger partial charge in [-0.2, -0.15) is 0 Å². The Hall–Kier alpha value is -1.19. The second-order valence-corrected chi connectivity index (χ2v) is 5.16. The molecule has 0 saturated carbocycles. The van der Waals surface area contributed by atoms with Crippen molar-refractivity contribution in [2.45, 2.75) is 51.5 Å². The van der Waals surface area contributed by atoms with Crippen molar-refractivity contribution in [3.63, 3.8) is 0 Å². The summed E-state index contributed by atoms with van der Waals surface area (Å²) in [4.78, 5) is 11.0. The van der Waals surface area contributed by atoms with Crippen LogP contribution in [0.2, 0.25) is 0 Å². The monoisotopic (exact) mass is 207 g/mol. The van der Waals surface area contributed by atoms with Crippen LogP contribution < -0.4 is 0 Å². The van der Waals surface area contributed by atoms with Crippen molar-refractivity contribution in [2.24, 2.45) is 0 Å². The predicted octanol–water partition coefficient (Wildman–Crippen LogP) is 1.65. The number of carbonyl (C=O) groups excluding carboxylic acids is 1. The molecule has 0 saturated heterocycles. The maximum absolute atomic E-state index is 11.0. The molecule has 1 unspecified atom stereocenters. The molecular formula is C11H17N3O. The third-order valence-corrected chi connectivity index (χ3v) is 2.83. The summed E-state index contributed by atoms with van der Waals surface area (Å²) in [6.07, 6.45) is 3.90. The summed E-state index contributed by atoms with van der Waals surface area (Å²) in [5.74, 6) is 1.89. The van der Waals surface area contributed by atoms with E-state index in [-0.39, 0.29) is 11.5 Å². The normalized spacial score (nSPS) is 21.1. The third kappa shape index (κ3) is 1.68. The number of fused-ring (bicyclic) bond motifs is 1.